The maximum Gasteiger partial charge on any atom is 0.346 e. The number of hydrogen-bond donors (Lipinski definition) is 1. The van der Waals surface area contributed by atoms with E-state index in [-0.39, 0.29) is 46.6 Å². The van der Waals surface area contributed by atoms with E-state index in [1.54, 1.807) is 6.92 Å². The molecule has 1 N–H and O–H groups in total. The first kappa shape index (κ1) is 28.8. The summed E-state index contributed by atoms with van der Waals surface area (Å²) in [6, 6.07) is 4.34. The summed E-state index contributed by atoms with van der Waals surface area (Å²) in [5.74, 6) is -2.39. The molecule has 0 aromatic heterocycles. The van der Waals surface area contributed by atoms with Gasteiger partial charge in [0.1, 0.15) is 43.7 Å². The minimum atomic E-state index is -2.61. The zero-order valence-corrected chi connectivity index (χ0v) is 22.4. The number of esters is 2. The lowest BCUT2D eigenvalue weighted by Crippen LogP contribution is -2.41. The van der Waals surface area contributed by atoms with E-state index in [2.05, 4.69) is 15.9 Å². The molecule has 2 aromatic carbocycles. The number of benzene rings is 2. The zero-order chi connectivity index (χ0) is 27.5. The number of rotatable bonds is 9. The van der Waals surface area contributed by atoms with E-state index >= 15 is 0 Å². The highest BCUT2D eigenvalue weighted by molar-refractivity contribution is 9.10. The fourth-order valence-corrected chi connectivity index (χ4v) is 4.25. The van der Waals surface area contributed by atoms with Crippen molar-refractivity contribution < 1.29 is 46.8 Å². The number of cyclic esters (lactones) is 1. The third-order valence-corrected chi connectivity index (χ3v) is 7.14. The van der Waals surface area contributed by atoms with Crippen molar-refractivity contribution in [3.8, 4) is 23.0 Å². The molecule has 0 bridgehead atoms. The monoisotopic (exact) mass is 588 g/mol. The summed E-state index contributed by atoms with van der Waals surface area (Å²) in [6.45, 7) is 0.383. The Kier molecular flexibility index (Phi) is 9.12. The van der Waals surface area contributed by atoms with Gasteiger partial charge in [0, 0.05) is 10.0 Å². The summed E-state index contributed by atoms with van der Waals surface area (Å²) >= 11 is 3.40. The van der Waals surface area contributed by atoms with Gasteiger partial charge in [0.15, 0.2) is 16.9 Å². The molecule has 0 amide bonds. The van der Waals surface area contributed by atoms with Gasteiger partial charge in [-0.2, -0.15) is 0 Å². The Morgan fingerprint density at radius 1 is 1.22 bits per heavy atom. The van der Waals surface area contributed by atoms with Crippen LogP contribution in [0.5, 0.6) is 23.0 Å². The summed E-state index contributed by atoms with van der Waals surface area (Å²) in [5.41, 5.74) is -1.56. The first-order valence-corrected chi connectivity index (χ1v) is 12.3. The maximum absolute atomic E-state index is 13.5. The van der Waals surface area contributed by atoms with Gasteiger partial charge in [-0.25, -0.2) is 18.0 Å². The lowest BCUT2D eigenvalue weighted by molar-refractivity contribution is -0.149. The van der Waals surface area contributed by atoms with Crippen molar-refractivity contribution in [1.82, 2.24) is 0 Å². The van der Waals surface area contributed by atoms with Gasteiger partial charge in [-0.3, -0.25) is 4.79 Å². The Labute approximate surface area is 221 Å². The highest BCUT2D eigenvalue weighted by atomic mass is 79.9. The van der Waals surface area contributed by atoms with Gasteiger partial charge in [0.25, 0.3) is 0 Å². The van der Waals surface area contributed by atoms with Crippen molar-refractivity contribution in [1.29, 1.82) is 0 Å². The number of aliphatic hydroxyl groups excluding tert-OH is 1. The van der Waals surface area contributed by atoms with Gasteiger partial charge in [-0.05, 0) is 59.0 Å². The second kappa shape index (κ2) is 11.7. The second-order valence-electron chi connectivity index (χ2n) is 9.27. The second-order valence-corrected chi connectivity index (χ2v) is 10.1. The van der Waals surface area contributed by atoms with Crippen molar-refractivity contribution in [2.24, 2.45) is 11.3 Å². The SMILES string of the molecule is COc1c([C@@H](O)CC(C)C)ccc2c1C(=O)OCc1c(Br)c(C)cc(OC(=O)C(CF)(CF)CF)c1O2. The molecule has 0 spiro atoms. The number of ether oxygens (including phenoxy) is 4. The Bertz CT molecular complexity index is 1170. The minimum absolute atomic E-state index is 0.0379. The van der Waals surface area contributed by atoms with Crippen LogP contribution in [0.15, 0.2) is 22.7 Å². The highest BCUT2D eigenvalue weighted by Gasteiger charge is 2.42. The lowest BCUT2D eigenvalue weighted by atomic mass is 9.93. The topological polar surface area (TPSA) is 91.3 Å². The molecule has 11 heteroatoms. The predicted octanol–water partition coefficient (Wildman–Crippen LogP) is 6.11. The number of halogens is 4. The number of fused-ring (bicyclic) bond motifs is 2. The number of aryl methyl sites for hydroxylation is 1. The van der Waals surface area contributed by atoms with Gasteiger partial charge in [0.05, 0.1) is 18.8 Å². The van der Waals surface area contributed by atoms with Crippen molar-refractivity contribution in [3.63, 3.8) is 0 Å². The predicted molar refractivity (Wildman–Crippen MR) is 131 cm³/mol. The summed E-state index contributed by atoms with van der Waals surface area (Å²) in [6.07, 6.45) is -0.533. The average Bonchev–Trinajstić information content (AvgIpc) is 2.85. The molecular formula is C26H28BrF3O7. The number of methoxy groups -OCH3 is 1. The summed E-state index contributed by atoms with van der Waals surface area (Å²) in [7, 11) is 1.33. The van der Waals surface area contributed by atoms with E-state index in [4.69, 9.17) is 18.9 Å². The van der Waals surface area contributed by atoms with Crippen molar-refractivity contribution in [3.05, 3.63) is 44.9 Å². The average molecular weight is 589 g/mol. The van der Waals surface area contributed by atoms with Crippen LogP contribution >= 0.6 is 15.9 Å². The fraction of sp³-hybridized carbons (Fsp3) is 0.462. The summed E-state index contributed by atoms with van der Waals surface area (Å²) in [4.78, 5) is 25.7. The molecule has 3 rings (SSSR count). The Morgan fingerprint density at radius 2 is 1.86 bits per heavy atom. The van der Waals surface area contributed by atoms with Crippen molar-refractivity contribution >= 4 is 27.9 Å². The number of alkyl halides is 3. The van der Waals surface area contributed by atoms with Crippen LogP contribution in [-0.4, -0.2) is 44.2 Å². The van der Waals surface area contributed by atoms with Crippen molar-refractivity contribution in [2.75, 3.05) is 27.1 Å². The van der Waals surface area contributed by atoms with Gasteiger partial charge < -0.3 is 24.1 Å². The molecule has 0 fully saturated rings. The molecule has 1 aliphatic rings. The molecule has 37 heavy (non-hydrogen) atoms. The zero-order valence-electron chi connectivity index (χ0n) is 20.8. The van der Waals surface area contributed by atoms with Crippen LogP contribution in [0, 0.1) is 18.3 Å². The van der Waals surface area contributed by atoms with E-state index in [0.717, 1.165) is 0 Å². The van der Waals surface area contributed by atoms with Crippen LogP contribution in [0.1, 0.15) is 53.4 Å². The van der Waals surface area contributed by atoms with Crippen LogP contribution < -0.4 is 14.2 Å². The van der Waals surface area contributed by atoms with Gasteiger partial charge in [0.2, 0.25) is 0 Å². The van der Waals surface area contributed by atoms with Crippen LogP contribution in [0.2, 0.25) is 0 Å². The molecule has 1 aliphatic heterocycles. The normalized spacial score (nSPS) is 14.1. The van der Waals surface area contributed by atoms with E-state index in [0.29, 0.717) is 22.0 Å². The molecule has 0 aliphatic carbocycles. The smallest absolute Gasteiger partial charge is 0.346 e. The number of carbonyl (C=O) groups excluding carboxylic acids is 2. The largest absolute Gasteiger partial charge is 0.495 e. The van der Waals surface area contributed by atoms with Crippen LogP contribution in [-0.2, 0) is 16.1 Å². The number of carbonyl (C=O) groups is 2. The van der Waals surface area contributed by atoms with Crippen LogP contribution in [0.4, 0.5) is 13.2 Å². The lowest BCUT2D eigenvalue weighted by Gasteiger charge is -2.26. The van der Waals surface area contributed by atoms with Gasteiger partial charge >= 0.3 is 11.9 Å². The molecule has 0 radical (unpaired) electrons. The maximum atomic E-state index is 13.5. The van der Waals surface area contributed by atoms with Crippen LogP contribution in [0.25, 0.3) is 0 Å². The Morgan fingerprint density at radius 3 is 2.43 bits per heavy atom. The van der Waals surface area contributed by atoms with E-state index < -0.39 is 43.5 Å². The molecular weight excluding hydrogens is 561 g/mol. The highest BCUT2D eigenvalue weighted by Crippen LogP contribution is 2.47. The third-order valence-electron chi connectivity index (χ3n) is 6.03. The molecule has 0 unspecified atom stereocenters. The third kappa shape index (κ3) is 5.57. The van der Waals surface area contributed by atoms with Gasteiger partial charge in [-0.15, -0.1) is 0 Å². The van der Waals surface area contributed by atoms with E-state index in [9.17, 15) is 27.9 Å². The molecule has 0 saturated heterocycles. The molecule has 0 saturated carbocycles. The Balaban J connectivity index is 2.16. The quantitative estimate of drug-likeness (QED) is 0.279. The molecule has 2 aromatic rings. The molecule has 7 nitrogen and oxygen atoms in total. The Hall–Kier alpha value is -2.79. The fourth-order valence-electron chi connectivity index (χ4n) is 3.84. The van der Waals surface area contributed by atoms with E-state index in [1.165, 1.54) is 25.3 Å². The molecule has 1 atom stereocenters. The van der Waals surface area contributed by atoms with Gasteiger partial charge in [-0.1, -0.05) is 13.8 Å². The first-order chi connectivity index (χ1) is 17.5. The van der Waals surface area contributed by atoms with Crippen molar-refractivity contribution in [2.45, 2.75) is 39.9 Å². The molecule has 1 heterocycles. The molecule has 202 valence electrons. The number of hydrogen-bond acceptors (Lipinski definition) is 7. The summed E-state index contributed by atoms with van der Waals surface area (Å²) in [5, 5.41) is 10.7. The van der Waals surface area contributed by atoms with E-state index in [1.807, 2.05) is 13.8 Å². The van der Waals surface area contributed by atoms with Crippen LogP contribution in [0.3, 0.4) is 0 Å². The minimum Gasteiger partial charge on any atom is -0.495 e. The summed E-state index contributed by atoms with van der Waals surface area (Å²) < 4.78 is 63.1. The first-order valence-electron chi connectivity index (χ1n) is 11.5. The standard InChI is InChI=1S/C26H28BrF3O7/c1-13(2)7-17(31)15-5-6-18-20(23(15)34-4)24(32)35-9-16-21(27)14(3)8-19(22(16)36-18)37-25(33)26(10-28,11-29)12-30/h5-6,8,13,17,31H,7,9-12H2,1-4H3/t17-/m0/s1. The number of aliphatic hydroxyl groups is 1.